The number of rotatable bonds is 11. The van der Waals surface area contributed by atoms with Crippen molar-refractivity contribution in [1.29, 1.82) is 0 Å². The number of hydrogen-bond donors (Lipinski definition) is 0. The van der Waals surface area contributed by atoms with Crippen LogP contribution in [0.15, 0.2) is 60.7 Å². The lowest BCUT2D eigenvalue weighted by Gasteiger charge is -2.22. The minimum Gasteiger partial charge on any atom is -0.294 e. The van der Waals surface area contributed by atoms with Crippen LogP contribution in [0.4, 0.5) is 0 Å². The number of unbranched alkanes of at least 4 members (excludes halogenated alkanes) is 2. The fraction of sp³-hybridized carbons (Fsp3) is 0.381. The van der Waals surface area contributed by atoms with Crippen molar-refractivity contribution in [3.05, 3.63) is 78.2 Å². The van der Waals surface area contributed by atoms with Crippen molar-refractivity contribution < 1.29 is 4.84 Å². The number of hydroxylamine groups is 2. The highest BCUT2D eigenvalue weighted by Gasteiger charge is 2.06. The Morgan fingerprint density at radius 2 is 1.57 bits per heavy atom. The Morgan fingerprint density at radius 1 is 0.870 bits per heavy atom. The summed E-state index contributed by atoms with van der Waals surface area (Å²) in [6, 6.07) is 20.9. The summed E-state index contributed by atoms with van der Waals surface area (Å²) in [6.45, 7) is 4.82. The molecular formula is C21H28NO. The molecule has 0 atom stereocenters. The molecule has 0 saturated carbocycles. The van der Waals surface area contributed by atoms with E-state index in [0.29, 0.717) is 6.61 Å². The van der Waals surface area contributed by atoms with Gasteiger partial charge in [0.25, 0.3) is 0 Å². The van der Waals surface area contributed by atoms with Gasteiger partial charge in [-0.25, -0.2) is 0 Å². The summed E-state index contributed by atoms with van der Waals surface area (Å²) in [4.78, 5) is 6.03. The van der Waals surface area contributed by atoms with Crippen LogP contribution >= 0.6 is 0 Å². The molecule has 0 aliphatic heterocycles. The molecule has 0 spiro atoms. The normalized spacial score (nSPS) is 11.0. The Hall–Kier alpha value is -1.64. The lowest BCUT2D eigenvalue weighted by molar-refractivity contribution is -0.169. The standard InChI is InChI=1S/C21H28NO/c1-2-3-10-17-22(23-19-21-14-8-5-9-15-21)18-11-16-20-12-6-4-7-13-20/h4-9,12-16H,2-3,10-11,17-19H2,1H3. The Balaban J connectivity index is 1.76. The van der Waals surface area contributed by atoms with Gasteiger partial charge in [-0.3, -0.25) is 4.84 Å². The summed E-state index contributed by atoms with van der Waals surface area (Å²) in [6.07, 6.45) is 6.97. The quantitative estimate of drug-likeness (QED) is 0.415. The van der Waals surface area contributed by atoms with Gasteiger partial charge < -0.3 is 0 Å². The van der Waals surface area contributed by atoms with Crippen LogP contribution in [-0.2, 0) is 11.4 Å². The Morgan fingerprint density at radius 3 is 2.26 bits per heavy atom. The molecule has 2 rings (SSSR count). The molecule has 2 aromatic rings. The smallest absolute Gasteiger partial charge is 0.0935 e. The maximum atomic E-state index is 6.03. The van der Waals surface area contributed by atoms with E-state index >= 15 is 0 Å². The highest BCUT2D eigenvalue weighted by molar-refractivity contribution is 5.22. The average molecular weight is 310 g/mol. The summed E-state index contributed by atoms with van der Waals surface area (Å²) in [7, 11) is 0. The molecule has 2 heteroatoms. The molecule has 123 valence electrons. The molecule has 0 N–H and O–H groups in total. The molecular weight excluding hydrogens is 282 g/mol. The Kier molecular flexibility index (Phi) is 8.46. The van der Waals surface area contributed by atoms with Crippen molar-refractivity contribution in [2.75, 3.05) is 13.1 Å². The Bertz CT molecular complexity index is 512. The highest BCUT2D eigenvalue weighted by Crippen LogP contribution is 2.09. The van der Waals surface area contributed by atoms with Gasteiger partial charge in [0, 0.05) is 13.1 Å². The first-order valence-corrected chi connectivity index (χ1v) is 8.68. The largest absolute Gasteiger partial charge is 0.294 e. The SMILES string of the molecule is CCCCCN(CC[CH]c1ccccc1)OCc1ccccc1. The van der Waals surface area contributed by atoms with E-state index in [-0.39, 0.29) is 0 Å². The lowest BCUT2D eigenvalue weighted by atomic mass is 10.1. The van der Waals surface area contributed by atoms with E-state index in [2.05, 4.69) is 73.0 Å². The molecule has 23 heavy (non-hydrogen) atoms. The van der Waals surface area contributed by atoms with Crippen LogP contribution in [-0.4, -0.2) is 18.2 Å². The number of hydrogen-bond acceptors (Lipinski definition) is 2. The van der Waals surface area contributed by atoms with Crippen LogP contribution in [0.2, 0.25) is 0 Å². The average Bonchev–Trinajstić information content (AvgIpc) is 2.61. The van der Waals surface area contributed by atoms with Gasteiger partial charge in [0.15, 0.2) is 0 Å². The van der Waals surface area contributed by atoms with Crippen LogP contribution in [0.3, 0.4) is 0 Å². The summed E-state index contributed by atoms with van der Waals surface area (Å²) in [5.74, 6) is 0. The van der Waals surface area contributed by atoms with Crippen LogP contribution in [0, 0.1) is 6.42 Å². The summed E-state index contributed by atoms with van der Waals surface area (Å²) >= 11 is 0. The first-order chi connectivity index (χ1) is 11.4. The van der Waals surface area contributed by atoms with Gasteiger partial charge in [0.05, 0.1) is 6.61 Å². The second-order valence-corrected chi connectivity index (χ2v) is 5.80. The van der Waals surface area contributed by atoms with E-state index in [9.17, 15) is 0 Å². The predicted molar refractivity (Wildman–Crippen MR) is 96.8 cm³/mol. The van der Waals surface area contributed by atoms with Gasteiger partial charge in [0.1, 0.15) is 0 Å². The zero-order valence-corrected chi connectivity index (χ0v) is 14.2. The van der Waals surface area contributed by atoms with E-state index in [4.69, 9.17) is 4.84 Å². The molecule has 1 radical (unpaired) electrons. The molecule has 2 nitrogen and oxygen atoms in total. The first-order valence-electron chi connectivity index (χ1n) is 8.68. The van der Waals surface area contributed by atoms with E-state index in [1.165, 1.54) is 30.4 Å². The molecule has 0 aromatic heterocycles. The zero-order chi connectivity index (χ0) is 16.2. The summed E-state index contributed by atoms with van der Waals surface area (Å²) in [5, 5.41) is 2.13. The van der Waals surface area contributed by atoms with Crippen molar-refractivity contribution in [3.8, 4) is 0 Å². The van der Waals surface area contributed by atoms with Gasteiger partial charge in [0.2, 0.25) is 0 Å². The second kappa shape index (κ2) is 11.0. The molecule has 0 fully saturated rings. The van der Waals surface area contributed by atoms with Gasteiger partial charge in [-0.1, -0.05) is 80.4 Å². The molecule has 0 bridgehead atoms. The van der Waals surface area contributed by atoms with Crippen molar-refractivity contribution in [2.45, 2.75) is 39.2 Å². The van der Waals surface area contributed by atoms with E-state index in [1.807, 2.05) is 6.07 Å². The fourth-order valence-electron chi connectivity index (χ4n) is 2.48. The maximum Gasteiger partial charge on any atom is 0.0935 e. The van der Waals surface area contributed by atoms with Crippen molar-refractivity contribution in [1.82, 2.24) is 5.06 Å². The fourth-order valence-corrected chi connectivity index (χ4v) is 2.48. The molecule has 0 amide bonds. The molecule has 0 aliphatic rings. The maximum absolute atomic E-state index is 6.03. The highest BCUT2D eigenvalue weighted by atomic mass is 16.7. The number of nitrogens with zero attached hydrogens (tertiary/aromatic N) is 1. The minimum atomic E-state index is 0.651. The van der Waals surface area contributed by atoms with Gasteiger partial charge in [-0.05, 0) is 30.4 Å². The van der Waals surface area contributed by atoms with Crippen LogP contribution in [0.5, 0.6) is 0 Å². The molecule has 0 aliphatic carbocycles. The Labute approximate surface area is 141 Å². The van der Waals surface area contributed by atoms with Gasteiger partial charge in [-0.2, -0.15) is 5.06 Å². The van der Waals surface area contributed by atoms with Crippen LogP contribution < -0.4 is 0 Å². The van der Waals surface area contributed by atoms with Crippen molar-refractivity contribution in [3.63, 3.8) is 0 Å². The van der Waals surface area contributed by atoms with Crippen LogP contribution in [0.1, 0.15) is 43.7 Å². The molecule has 0 heterocycles. The van der Waals surface area contributed by atoms with E-state index < -0.39 is 0 Å². The summed E-state index contributed by atoms with van der Waals surface area (Å²) in [5.41, 5.74) is 2.50. The van der Waals surface area contributed by atoms with Crippen molar-refractivity contribution in [2.24, 2.45) is 0 Å². The third-order valence-corrected chi connectivity index (χ3v) is 3.83. The van der Waals surface area contributed by atoms with E-state index in [1.54, 1.807) is 0 Å². The lowest BCUT2D eigenvalue weighted by Crippen LogP contribution is -2.26. The van der Waals surface area contributed by atoms with Crippen LogP contribution in [0.25, 0.3) is 0 Å². The minimum absolute atomic E-state index is 0.651. The monoisotopic (exact) mass is 310 g/mol. The number of benzene rings is 2. The zero-order valence-electron chi connectivity index (χ0n) is 14.2. The third kappa shape index (κ3) is 7.45. The predicted octanol–water partition coefficient (Wildman–Crippen LogP) is 5.25. The van der Waals surface area contributed by atoms with E-state index in [0.717, 1.165) is 19.5 Å². The molecule has 0 saturated heterocycles. The summed E-state index contributed by atoms with van der Waals surface area (Å²) < 4.78 is 0. The van der Waals surface area contributed by atoms with Crippen molar-refractivity contribution >= 4 is 0 Å². The topological polar surface area (TPSA) is 12.5 Å². The van der Waals surface area contributed by atoms with Gasteiger partial charge >= 0.3 is 0 Å². The second-order valence-electron chi connectivity index (χ2n) is 5.80. The van der Waals surface area contributed by atoms with Gasteiger partial charge in [-0.15, -0.1) is 0 Å². The third-order valence-electron chi connectivity index (χ3n) is 3.83. The first kappa shape index (κ1) is 17.7. The molecule has 2 aromatic carbocycles. The molecule has 0 unspecified atom stereocenters.